The van der Waals surface area contributed by atoms with Crippen LogP contribution in [0.5, 0.6) is 0 Å². The summed E-state index contributed by atoms with van der Waals surface area (Å²) in [6.07, 6.45) is 6.46. The second-order valence-electron chi connectivity index (χ2n) is 6.05. The number of benzene rings is 1. The summed E-state index contributed by atoms with van der Waals surface area (Å²) in [4.78, 5) is 18.9. The highest BCUT2D eigenvalue weighted by Crippen LogP contribution is 2.27. The van der Waals surface area contributed by atoms with Crippen LogP contribution in [0.25, 0.3) is 10.9 Å². The predicted molar refractivity (Wildman–Crippen MR) is 98.5 cm³/mol. The molecule has 7 heteroatoms. The molecule has 0 aliphatic rings. The summed E-state index contributed by atoms with van der Waals surface area (Å²) in [6, 6.07) is 9.95. The summed E-state index contributed by atoms with van der Waals surface area (Å²) in [5.41, 5.74) is 1.79. The van der Waals surface area contributed by atoms with Gasteiger partial charge in [-0.25, -0.2) is 23.7 Å². The molecule has 0 amide bonds. The van der Waals surface area contributed by atoms with Gasteiger partial charge in [-0.05, 0) is 54.4 Å². The molecule has 3 heterocycles. The Morgan fingerprint density at radius 2 is 1.67 bits per heavy atom. The van der Waals surface area contributed by atoms with E-state index in [0.29, 0.717) is 23.7 Å². The van der Waals surface area contributed by atoms with Crippen molar-refractivity contribution in [1.82, 2.24) is 19.9 Å². The Morgan fingerprint density at radius 1 is 0.889 bits per heavy atom. The van der Waals surface area contributed by atoms with Crippen molar-refractivity contribution in [3.05, 3.63) is 83.9 Å². The SMILES string of the molecule is Cc1ccnc(N(Cc2ccnc3c(F)c(F)ccc23)c2ncccn2)c1. The fourth-order valence-corrected chi connectivity index (χ4v) is 2.88. The molecule has 0 aliphatic carbocycles. The second kappa shape index (κ2) is 7.03. The van der Waals surface area contributed by atoms with E-state index >= 15 is 0 Å². The van der Waals surface area contributed by atoms with E-state index in [1.165, 1.54) is 12.3 Å². The minimum atomic E-state index is -0.953. The number of aromatic nitrogens is 4. The molecule has 0 bridgehead atoms. The van der Waals surface area contributed by atoms with Crippen LogP contribution in [0, 0.1) is 18.6 Å². The molecular weight excluding hydrogens is 348 g/mol. The normalized spacial score (nSPS) is 10.9. The highest BCUT2D eigenvalue weighted by atomic mass is 19.2. The van der Waals surface area contributed by atoms with Gasteiger partial charge in [0.1, 0.15) is 11.3 Å². The van der Waals surface area contributed by atoms with E-state index in [2.05, 4.69) is 19.9 Å². The number of anilines is 2. The molecule has 0 radical (unpaired) electrons. The van der Waals surface area contributed by atoms with Crippen molar-refractivity contribution in [3.63, 3.8) is 0 Å². The average molecular weight is 363 g/mol. The van der Waals surface area contributed by atoms with Gasteiger partial charge in [-0.2, -0.15) is 0 Å². The van der Waals surface area contributed by atoms with E-state index in [1.807, 2.05) is 24.0 Å². The summed E-state index contributed by atoms with van der Waals surface area (Å²) in [5, 5.41) is 0.532. The van der Waals surface area contributed by atoms with E-state index in [-0.39, 0.29) is 5.52 Å². The standard InChI is InChI=1S/C20H15F2N5/c1-13-5-9-23-17(11-13)27(20-25-7-2-8-26-20)12-14-6-10-24-19-15(14)3-4-16(21)18(19)22/h2-11H,12H2,1H3. The molecule has 27 heavy (non-hydrogen) atoms. The number of hydrogen-bond donors (Lipinski definition) is 0. The third-order valence-electron chi connectivity index (χ3n) is 4.19. The maximum atomic E-state index is 14.1. The van der Waals surface area contributed by atoms with Crippen LogP contribution in [0.1, 0.15) is 11.1 Å². The Balaban J connectivity index is 1.83. The number of aryl methyl sites for hydroxylation is 1. The summed E-state index contributed by atoms with van der Waals surface area (Å²) in [5.74, 6) is -0.752. The maximum Gasteiger partial charge on any atom is 0.231 e. The van der Waals surface area contributed by atoms with Crippen LogP contribution in [0.15, 0.2) is 61.2 Å². The first-order valence-electron chi connectivity index (χ1n) is 8.32. The van der Waals surface area contributed by atoms with Gasteiger partial charge >= 0.3 is 0 Å². The molecule has 0 atom stereocenters. The minimum Gasteiger partial charge on any atom is -0.290 e. The quantitative estimate of drug-likeness (QED) is 0.540. The van der Waals surface area contributed by atoms with Crippen molar-refractivity contribution in [2.24, 2.45) is 0 Å². The van der Waals surface area contributed by atoms with Gasteiger partial charge in [-0.15, -0.1) is 0 Å². The summed E-state index contributed by atoms with van der Waals surface area (Å²) >= 11 is 0. The van der Waals surface area contributed by atoms with Gasteiger partial charge in [0.2, 0.25) is 5.95 Å². The fourth-order valence-electron chi connectivity index (χ4n) is 2.88. The van der Waals surface area contributed by atoms with Gasteiger partial charge in [0.05, 0.1) is 6.54 Å². The lowest BCUT2D eigenvalue weighted by Crippen LogP contribution is -2.20. The van der Waals surface area contributed by atoms with E-state index < -0.39 is 11.6 Å². The number of fused-ring (bicyclic) bond motifs is 1. The molecule has 0 fully saturated rings. The molecule has 0 N–H and O–H groups in total. The van der Waals surface area contributed by atoms with Crippen LogP contribution in [0.4, 0.5) is 20.5 Å². The summed E-state index contributed by atoms with van der Waals surface area (Å²) < 4.78 is 27.7. The lowest BCUT2D eigenvalue weighted by atomic mass is 10.1. The van der Waals surface area contributed by atoms with Gasteiger partial charge in [0.25, 0.3) is 0 Å². The summed E-state index contributed by atoms with van der Waals surface area (Å²) in [6.45, 7) is 2.29. The Labute approximate surface area is 154 Å². The number of pyridine rings is 2. The Kier molecular flexibility index (Phi) is 4.42. The number of nitrogens with zero attached hydrogens (tertiary/aromatic N) is 5. The first-order valence-corrected chi connectivity index (χ1v) is 8.32. The van der Waals surface area contributed by atoms with Gasteiger partial charge in [-0.3, -0.25) is 9.88 Å². The Hall–Kier alpha value is -3.48. The van der Waals surface area contributed by atoms with Crippen molar-refractivity contribution in [1.29, 1.82) is 0 Å². The zero-order valence-electron chi connectivity index (χ0n) is 14.5. The van der Waals surface area contributed by atoms with Crippen molar-refractivity contribution in [3.8, 4) is 0 Å². The highest BCUT2D eigenvalue weighted by molar-refractivity contribution is 5.83. The Morgan fingerprint density at radius 3 is 2.44 bits per heavy atom. The van der Waals surface area contributed by atoms with Crippen molar-refractivity contribution in [2.75, 3.05) is 4.90 Å². The molecule has 0 saturated heterocycles. The van der Waals surface area contributed by atoms with E-state index in [0.717, 1.165) is 17.2 Å². The third-order valence-corrected chi connectivity index (χ3v) is 4.19. The molecule has 0 aliphatic heterocycles. The number of hydrogen-bond acceptors (Lipinski definition) is 5. The topological polar surface area (TPSA) is 54.8 Å². The van der Waals surface area contributed by atoms with Crippen LogP contribution in [-0.4, -0.2) is 19.9 Å². The van der Waals surface area contributed by atoms with Crippen molar-refractivity contribution < 1.29 is 8.78 Å². The smallest absolute Gasteiger partial charge is 0.231 e. The van der Waals surface area contributed by atoms with Crippen LogP contribution in [-0.2, 0) is 6.54 Å². The zero-order chi connectivity index (χ0) is 18.8. The third kappa shape index (κ3) is 3.31. The number of rotatable bonds is 4. The largest absolute Gasteiger partial charge is 0.290 e. The first kappa shape index (κ1) is 17.0. The minimum absolute atomic E-state index is 0.00127. The van der Waals surface area contributed by atoms with Gasteiger partial charge < -0.3 is 0 Å². The van der Waals surface area contributed by atoms with E-state index in [1.54, 1.807) is 30.7 Å². The van der Waals surface area contributed by atoms with Crippen molar-refractivity contribution in [2.45, 2.75) is 13.5 Å². The molecule has 5 nitrogen and oxygen atoms in total. The lowest BCUT2D eigenvalue weighted by Gasteiger charge is -2.22. The Bertz CT molecular complexity index is 1100. The molecular formula is C20H15F2N5. The maximum absolute atomic E-state index is 14.1. The number of halogens is 2. The van der Waals surface area contributed by atoms with Crippen LogP contribution in [0.3, 0.4) is 0 Å². The van der Waals surface area contributed by atoms with E-state index in [9.17, 15) is 8.78 Å². The van der Waals surface area contributed by atoms with Gasteiger partial charge in [-0.1, -0.05) is 0 Å². The van der Waals surface area contributed by atoms with E-state index in [4.69, 9.17) is 0 Å². The second-order valence-corrected chi connectivity index (χ2v) is 6.05. The van der Waals surface area contributed by atoms with Gasteiger partial charge in [0.15, 0.2) is 11.6 Å². The zero-order valence-corrected chi connectivity index (χ0v) is 14.5. The molecule has 4 rings (SSSR count). The lowest BCUT2D eigenvalue weighted by molar-refractivity contribution is 0.515. The predicted octanol–water partition coefficient (Wildman–Crippen LogP) is 4.34. The van der Waals surface area contributed by atoms with Crippen LogP contribution >= 0.6 is 0 Å². The monoisotopic (exact) mass is 363 g/mol. The average Bonchev–Trinajstić information content (AvgIpc) is 2.70. The van der Waals surface area contributed by atoms with Crippen molar-refractivity contribution >= 4 is 22.7 Å². The first-order chi connectivity index (χ1) is 13.1. The van der Waals surface area contributed by atoms with Gasteiger partial charge in [0, 0.05) is 30.2 Å². The fraction of sp³-hybridized carbons (Fsp3) is 0.100. The summed E-state index contributed by atoms with van der Waals surface area (Å²) in [7, 11) is 0. The molecule has 0 spiro atoms. The van der Waals surface area contributed by atoms with Crippen LogP contribution < -0.4 is 4.90 Å². The molecule has 3 aromatic heterocycles. The highest BCUT2D eigenvalue weighted by Gasteiger charge is 2.17. The molecule has 1 aromatic carbocycles. The molecule has 0 saturated carbocycles. The van der Waals surface area contributed by atoms with Crippen LogP contribution in [0.2, 0.25) is 0 Å². The molecule has 4 aromatic rings. The molecule has 134 valence electrons. The molecule has 0 unspecified atom stereocenters.